The Morgan fingerprint density at radius 1 is 1.13 bits per heavy atom. The second-order valence-corrected chi connectivity index (χ2v) is 5.51. The third-order valence-electron chi connectivity index (χ3n) is 4.04. The first kappa shape index (κ1) is 15.4. The topological polar surface area (TPSA) is 61.4 Å². The molecule has 2 heterocycles. The Kier molecular flexibility index (Phi) is 4.83. The molecule has 120 valence electrons. The van der Waals surface area contributed by atoms with Crippen LogP contribution in [0.15, 0.2) is 42.7 Å². The number of anilines is 2. The third-order valence-corrected chi connectivity index (χ3v) is 4.04. The number of benzene rings is 1. The number of carbonyl (C=O) groups is 1. The number of hydrogen-bond donors (Lipinski definition) is 1. The first-order valence-electron chi connectivity index (χ1n) is 7.92. The molecule has 6 heteroatoms. The molecule has 0 bridgehead atoms. The minimum atomic E-state index is -0.0285. The van der Waals surface area contributed by atoms with Gasteiger partial charge in [0.1, 0.15) is 17.8 Å². The van der Waals surface area contributed by atoms with Gasteiger partial charge in [0.2, 0.25) is 0 Å². The van der Waals surface area contributed by atoms with Gasteiger partial charge in [-0.2, -0.15) is 0 Å². The lowest BCUT2D eigenvalue weighted by atomic mass is 10.2. The van der Waals surface area contributed by atoms with E-state index < -0.39 is 0 Å². The lowest BCUT2D eigenvalue weighted by Crippen LogP contribution is -2.48. The summed E-state index contributed by atoms with van der Waals surface area (Å²) in [5, 5.41) is 3.19. The van der Waals surface area contributed by atoms with E-state index in [2.05, 4.69) is 27.1 Å². The van der Waals surface area contributed by atoms with Crippen LogP contribution in [0.4, 0.5) is 11.5 Å². The van der Waals surface area contributed by atoms with Crippen LogP contribution >= 0.6 is 0 Å². The fourth-order valence-electron chi connectivity index (χ4n) is 2.64. The summed E-state index contributed by atoms with van der Waals surface area (Å²) in [6.45, 7) is 6.51. The van der Waals surface area contributed by atoms with Crippen molar-refractivity contribution in [1.29, 1.82) is 0 Å². The molecule has 2 aromatic rings. The molecule has 1 aliphatic heterocycles. The van der Waals surface area contributed by atoms with E-state index in [1.54, 1.807) is 6.07 Å². The van der Waals surface area contributed by atoms with Gasteiger partial charge >= 0.3 is 0 Å². The van der Waals surface area contributed by atoms with Crippen LogP contribution in [0.1, 0.15) is 17.4 Å². The normalized spacial score (nSPS) is 15.4. The lowest BCUT2D eigenvalue weighted by Gasteiger charge is -2.33. The predicted octanol–water partition coefficient (Wildman–Crippen LogP) is 2.00. The maximum atomic E-state index is 12.6. The predicted molar refractivity (Wildman–Crippen MR) is 89.8 cm³/mol. The molecule has 0 aliphatic carbocycles. The van der Waals surface area contributed by atoms with E-state index in [0.29, 0.717) is 11.5 Å². The molecule has 0 atom stereocenters. The highest BCUT2D eigenvalue weighted by Crippen LogP contribution is 2.15. The molecule has 1 saturated heterocycles. The van der Waals surface area contributed by atoms with Crippen molar-refractivity contribution in [2.24, 2.45) is 0 Å². The number of aromatic nitrogens is 2. The lowest BCUT2D eigenvalue weighted by molar-refractivity contribution is 0.0637. The molecule has 1 amide bonds. The largest absolute Gasteiger partial charge is 0.340 e. The van der Waals surface area contributed by atoms with Gasteiger partial charge in [0.25, 0.3) is 5.91 Å². The maximum absolute atomic E-state index is 12.6. The van der Waals surface area contributed by atoms with E-state index in [4.69, 9.17) is 0 Å². The van der Waals surface area contributed by atoms with E-state index in [1.807, 2.05) is 35.2 Å². The number of piperazine rings is 1. The average molecular weight is 311 g/mol. The molecule has 3 rings (SSSR count). The zero-order chi connectivity index (χ0) is 16.1. The molecule has 1 N–H and O–H groups in total. The smallest absolute Gasteiger partial charge is 0.272 e. The van der Waals surface area contributed by atoms with Gasteiger partial charge < -0.3 is 15.1 Å². The second-order valence-electron chi connectivity index (χ2n) is 5.51. The van der Waals surface area contributed by atoms with Gasteiger partial charge in [-0.15, -0.1) is 0 Å². The number of nitrogens with zero attached hydrogens (tertiary/aromatic N) is 4. The number of nitrogens with one attached hydrogen (secondary N) is 1. The SMILES string of the molecule is CCN1CCN(C(=O)c2cc(Nc3ccccc3)ncn2)CC1. The summed E-state index contributed by atoms with van der Waals surface area (Å²) in [6, 6.07) is 11.5. The van der Waals surface area contributed by atoms with Crippen molar-refractivity contribution < 1.29 is 4.79 Å². The Morgan fingerprint density at radius 2 is 1.87 bits per heavy atom. The highest BCUT2D eigenvalue weighted by atomic mass is 16.2. The summed E-state index contributed by atoms with van der Waals surface area (Å²) in [6.07, 6.45) is 1.43. The van der Waals surface area contributed by atoms with Crippen LogP contribution in [-0.2, 0) is 0 Å². The zero-order valence-electron chi connectivity index (χ0n) is 13.3. The van der Waals surface area contributed by atoms with Gasteiger partial charge in [0, 0.05) is 37.9 Å². The summed E-state index contributed by atoms with van der Waals surface area (Å²) in [7, 11) is 0. The van der Waals surface area contributed by atoms with Gasteiger partial charge in [0.05, 0.1) is 0 Å². The fourth-order valence-corrected chi connectivity index (χ4v) is 2.64. The van der Waals surface area contributed by atoms with Crippen molar-refractivity contribution in [3.63, 3.8) is 0 Å². The van der Waals surface area contributed by atoms with Crippen molar-refractivity contribution in [3.05, 3.63) is 48.4 Å². The summed E-state index contributed by atoms with van der Waals surface area (Å²) < 4.78 is 0. The van der Waals surface area contributed by atoms with Crippen LogP contribution in [0.5, 0.6) is 0 Å². The number of para-hydroxylation sites is 1. The molecule has 1 aliphatic rings. The number of carbonyl (C=O) groups excluding carboxylic acids is 1. The molecular formula is C17H21N5O. The second kappa shape index (κ2) is 7.19. The van der Waals surface area contributed by atoms with Crippen LogP contribution in [0.25, 0.3) is 0 Å². The number of likely N-dealkylation sites (N-methyl/N-ethyl adjacent to an activating group) is 1. The Labute approximate surface area is 136 Å². The number of amides is 1. The zero-order valence-corrected chi connectivity index (χ0v) is 13.3. The van der Waals surface area contributed by atoms with E-state index in [-0.39, 0.29) is 5.91 Å². The van der Waals surface area contributed by atoms with Crippen molar-refractivity contribution in [2.75, 3.05) is 38.0 Å². The van der Waals surface area contributed by atoms with Gasteiger partial charge in [-0.3, -0.25) is 4.79 Å². The standard InChI is InChI=1S/C17H21N5O/c1-2-21-8-10-22(11-9-21)17(23)15-12-16(19-13-18-15)20-14-6-4-3-5-7-14/h3-7,12-13H,2,8-11H2,1H3,(H,18,19,20). The van der Waals surface area contributed by atoms with Crippen molar-refractivity contribution in [1.82, 2.24) is 19.8 Å². The molecule has 0 saturated carbocycles. The van der Waals surface area contributed by atoms with Crippen molar-refractivity contribution in [3.8, 4) is 0 Å². The van der Waals surface area contributed by atoms with Gasteiger partial charge in [-0.05, 0) is 18.7 Å². The Hall–Kier alpha value is -2.47. The minimum absolute atomic E-state index is 0.0285. The minimum Gasteiger partial charge on any atom is -0.340 e. The van der Waals surface area contributed by atoms with Gasteiger partial charge in [-0.25, -0.2) is 9.97 Å². The van der Waals surface area contributed by atoms with E-state index >= 15 is 0 Å². The Morgan fingerprint density at radius 3 is 2.57 bits per heavy atom. The first-order chi connectivity index (χ1) is 11.3. The maximum Gasteiger partial charge on any atom is 0.272 e. The summed E-state index contributed by atoms with van der Waals surface area (Å²) in [5.41, 5.74) is 1.37. The molecule has 1 aromatic carbocycles. The molecule has 0 unspecified atom stereocenters. The summed E-state index contributed by atoms with van der Waals surface area (Å²) >= 11 is 0. The molecule has 0 spiro atoms. The van der Waals surface area contributed by atoms with Crippen LogP contribution in [0.3, 0.4) is 0 Å². The molecule has 23 heavy (non-hydrogen) atoms. The van der Waals surface area contributed by atoms with Crippen LogP contribution < -0.4 is 5.32 Å². The summed E-state index contributed by atoms with van der Waals surface area (Å²) in [5.74, 6) is 0.598. The molecule has 1 aromatic heterocycles. The van der Waals surface area contributed by atoms with E-state index in [0.717, 1.165) is 38.4 Å². The highest BCUT2D eigenvalue weighted by Gasteiger charge is 2.22. The molecule has 1 fully saturated rings. The average Bonchev–Trinajstić information content (AvgIpc) is 2.62. The Bertz CT molecular complexity index is 653. The third kappa shape index (κ3) is 3.84. The Balaban J connectivity index is 1.68. The van der Waals surface area contributed by atoms with Crippen LogP contribution in [-0.4, -0.2) is 58.4 Å². The van der Waals surface area contributed by atoms with Gasteiger partial charge in [0.15, 0.2) is 0 Å². The summed E-state index contributed by atoms with van der Waals surface area (Å²) in [4.78, 5) is 25.1. The molecule has 6 nitrogen and oxygen atoms in total. The highest BCUT2D eigenvalue weighted by molar-refractivity contribution is 5.93. The fraction of sp³-hybridized carbons (Fsp3) is 0.353. The molecule has 0 radical (unpaired) electrons. The van der Waals surface area contributed by atoms with Crippen LogP contribution in [0, 0.1) is 0 Å². The van der Waals surface area contributed by atoms with Gasteiger partial charge in [-0.1, -0.05) is 25.1 Å². The first-order valence-corrected chi connectivity index (χ1v) is 7.92. The van der Waals surface area contributed by atoms with Crippen molar-refractivity contribution >= 4 is 17.4 Å². The van der Waals surface area contributed by atoms with Crippen molar-refractivity contribution in [2.45, 2.75) is 6.92 Å². The van der Waals surface area contributed by atoms with Crippen LogP contribution in [0.2, 0.25) is 0 Å². The van der Waals surface area contributed by atoms with E-state index in [9.17, 15) is 4.79 Å². The quantitative estimate of drug-likeness (QED) is 0.936. The van der Waals surface area contributed by atoms with E-state index in [1.165, 1.54) is 6.33 Å². The monoisotopic (exact) mass is 311 g/mol. The number of rotatable bonds is 4. The molecular weight excluding hydrogens is 290 g/mol. The number of hydrogen-bond acceptors (Lipinski definition) is 5.